The molecule has 0 fully saturated rings. The van der Waals surface area contributed by atoms with Crippen LogP contribution in [-0.4, -0.2) is 29.6 Å². The Morgan fingerprint density at radius 3 is 2.35 bits per heavy atom. The molecule has 7 heteroatoms. The second-order valence-corrected chi connectivity index (χ2v) is 4.87. The van der Waals surface area contributed by atoms with Gasteiger partial charge >= 0.3 is 5.97 Å². The van der Waals surface area contributed by atoms with Crippen LogP contribution < -0.4 is 9.47 Å². The number of amides is 2. The molecule has 0 atom stereocenters. The first-order valence-corrected chi connectivity index (χ1v) is 6.75. The van der Waals surface area contributed by atoms with Crippen molar-refractivity contribution in [1.82, 2.24) is 5.06 Å². The molecule has 0 unspecified atom stereocenters. The molecule has 0 spiro atoms. The molecule has 0 saturated heterocycles. The summed E-state index contributed by atoms with van der Waals surface area (Å²) in [5.41, 5.74) is 0.475. The lowest BCUT2D eigenvalue weighted by Gasteiger charge is -2.13. The third kappa shape index (κ3) is 1.94. The smallest absolute Gasteiger partial charge is 0.367 e. The number of hydrogen-bond acceptors (Lipinski definition) is 6. The molecular formula is C16H9NO6. The Balaban J connectivity index is 1.63. The van der Waals surface area contributed by atoms with Crippen molar-refractivity contribution in [3.8, 4) is 11.5 Å². The van der Waals surface area contributed by atoms with E-state index in [1.807, 2.05) is 0 Å². The predicted molar refractivity (Wildman–Crippen MR) is 74.9 cm³/mol. The zero-order valence-corrected chi connectivity index (χ0v) is 11.6. The van der Waals surface area contributed by atoms with E-state index in [9.17, 15) is 14.4 Å². The highest BCUT2D eigenvalue weighted by Gasteiger charge is 2.39. The van der Waals surface area contributed by atoms with Crippen LogP contribution in [0.1, 0.15) is 31.1 Å². The molecule has 2 aromatic carbocycles. The summed E-state index contributed by atoms with van der Waals surface area (Å²) >= 11 is 0. The molecule has 0 N–H and O–H groups in total. The zero-order chi connectivity index (χ0) is 16.0. The fraction of sp³-hybridized carbons (Fsp3) is 0.0625. The number of imide groups is 1. The van der Waals surface area contributed by atoms with Crippen molar-refractivity contribution < 1.29 is 28.7 Å². The van der Waals surface area contributed by atoms with Gasteiger partial charge in [-0.3, -0.25) is 9.59 Å². The number of carbonyl (C=O) groups excluding carboxylic acids is 3. The molecule has 2 aromatic rings. The normalized spacial score (nSPS) is 14.9. The average molecular weight is 311 g/mol. The molecule has 0 radical (unpaired) electrons. The fourth-order valence-corrected chi connectivity index (χ4v) is 2.47. The van der Waals surface area contributed by atoms with Crippen molar-refractivity contribution in [2.45, 2.75) is 0 Å². The minimum absolute atomic E-state index is 0.00730. The van der Waals surface area contributed by atoms with Crippen molar-refractivity contribution in [2.75, 3.05) is 6.79 Å². The maximum Gasteiger partial charge on any atom is 0.367 e. The standard InChI is InChI=1S/C16H9NO6/c18-14-9-4-1-2-5-10(9)15(19)17(14)23-16(20)11-6-3-7-12-13(11)22-8-21-12/h1-7H,8H2. The van der Waals surface area contributed by atoms with E-state index < -0.39 is 17.8 Å². The van der Waals surface area contributed by atoms with Gasteiger partial charge in [0.25, 0.3) is 11.8 Å². The molecule has 7 nitrogen and oxygen atoms in total. The average Bonchev–Trinajstić information content (AvgIpc) is 3.14. The minimum atomic E-state index is -0.873. The van der Waals surface area contributed by atoms with Crippen molar-refractivity contribution in [3.05, 3.63) is 59.2 Å². The van der Waals surface area contributed by atoms with Crippen LogP contribution in [0, 0.1) is 0 Å². The first-order valence-electron chi connectivity index (χ1n) is 6.75. The minimum Gasteiger partial charge on any atom is -0.454 e. The molecule has 2 aliphatic rings. The molecule has 4 rings (SSSR count). The SMILES string of the molecule is O=C(ON1C(=O)c2ccccc2C1=O)c1cccc2c1OCO2. The van der Waals surface area contributed by atoms with Gasteiger partial charge in [-0.1, -0.05) is 23.3 Å². The Morgan fingerprint density at radius 2 is 1.65 bits per heavy atom. The lowest BCUT2D eigenvalue weighted by atomic mass is 10.1. The molecule has 2 heterocycles. The maximum absolute atomic E-state index is 12.3. The van der Waals surface area contributed by atoms with Gasteiger partial charge in [0.1, 0.15) is 5.56 Å². The fourth-order valence-electron chi connectivity index (χ4n) is 2.47. The van der Waals surface area contributed by atoms with E-state index >= 15 is 0 Å². The van der Waals surface area contributed by atoms with Crippen molar-refractivity contribution >= 4 is 17.8 Å². The van der Waals surface area contributed by atoms with Gasteiger partial charge in [0.15, 0.2) is 11.5 Å². The number of hydroxylamine groups is 2. The van der Waals surface area contributed by atoms with E-state index in [0.29, 0.717) is 10.8 Å². The summed E-state index contributed by atoms with van der Waals surface area (Å²) in [7, 11) is 0. The van der Waals surface area contributed by atoms with Crippen LogP contribution in [0.2, 0.25) is 0 Å². The monoisotopic (exact) mass is 311 g/mol. The van der Waals surface area contributed by atoms with Crippen LogP contribution >= 0.6 is 0 Å². The summed E-state index contributed by atoms with van der Waals surface area (Å²) in [6.07, 6.45) is 0. The molecule has 2 aliphatic heterocycles. The third-order valence-corrected chi connectivity index (χ3v) is 3.55. The van der Waals surface area contributed by atoms with Crippen LogP contribution in [-0.2, 0) is 4.84 Å². The van der Waals surface area contributed by atoms with Crippen LogP contribution in [0.5, 0.6) is 11.5 Å². The van der Waals surface area contributed by atoms with Gasteiger partial charge in [0.2, 0.25) is 6.79 Å². The van der Waals surface area contributed by atoms with Gasteiger partial charge in [-0.25, -0.2) is 4.79 Å². The second kappa shape index (κ2) is 4.84. The Bertz CT molecular complexity index is 824. The molecular weight excluding hydrogens is 302 g/mol. The number of rotatable bonds is 2. The van der Waals surface area contributed by atoms with E-state index in [0.717, 1.165) is 0 Å². The summed E-state index contributed by atoms with van der Waals surface area (Å²) in [5.74, 6) is -1.59. The van der Waals surface area contributed by atoms with Gasteiger partial charge in [0, 0.05) is 0 Å². The van der Waals surface area contributed by atoms with Gasteiger partial charge in [-0.2, -0.15) is 0 Å². The number of nitrogens with zero attached hydrogens (tertiary/aromatic N) is 1. The molecule has 0 bridgehead atoms. The van der Waals surface area contributed by atoms with E-state index in [-0.39, 0.29) is 29.2 Å². The van der Waals surface area contributed by atoms with Crippen molar-refractivity contribution in [1.29, 1.82) is 0 Å². The Hall–Kier alpha value is -3.35. The lowest BCUT2D eigenvalue weighted by molar-refractivity contribution is -0.0586. The molecule has 0 saturated carbocycles. The van der Waals surface area contributed by atoms with E-state index in [4.69, 9.17) is 14.3 Å². The molecule has 0 aliphatic carbocycles. The van der Waals surface area contributed by atoms with Crippen LogP contribution in [0.4, 0.5) is 0 Å². The van der Waals surface area contributed by atoms with Crippen LogP contribution in [0.15, 0.2) is 42.5 Å². The largest absolute Gasteiger partial charge is 0.454 e. The Labute approximate surface area is 129 Å². The third-order valence-electron chi connectivity index (χ3n) is 3.55. The molecule has 114 valence electrons. The first kappa shape index (κ1) is 13.3. The number of carbonyl (C=O) groups is 3. The number of hydrogen-bond donors (Lipinski definition) is 0. The highest BCUT2D eigenvalue weighted by atomic mass is 16.7. The highest BCUT2D eigenvalue weighted by molar-refractivity contribution is 6.21. The summed E-state index contributed by atoms with van der Waals surface area (Å²) < 4.78 is 10.4. The topological polar surface area (TPSA) is 82.1 Å². The van der Waals surface area contributed by atoms with Crippen LogP contribution in [0.3, 0.4) is 0 Å². The van der Waals surface area contributed by atoms with Gasteiger partial charge in [0.05, 0.1) is 11.1 Å². The second-order valence-electron chi connectivity index (χ2n) is 4.87. The summed E-state index contributed by atoms with van der Waals surface area (Å²) in [6, 6.07) is 11.0. The van der Waals surface area contributed by atoms with Gasteiger partial charge < -0.3 is 14.3 Å². The van der Waals surface area contributed by atoms with Crippen LogP contribution in [0.25, 0.3) is 0 Å². The number of ether oxygens (including phenoxy) is 2. The highest BCUT2D eigenvalue weighted by Crippen LogP contribution is 2.36. The molecule has 2 amide bonds. The number of benzene rings is 2. The van der Waals surface area contributed by atoms with E-state index in [1.165, 1.54) is 18.2 Å². The van der Waals surface area contributed by atoms with Gasteiger partial charge in [-0.15, -0.1) is 0 Å². The van der Waals surface area contributed by atoms with E-state index in [1.54, 1.807) is 24.3 Å². The Morgan fingerprint density at radius 1 is 0.957 bits per heavy atom. The van der Waals surface area contributed by atoms with Crippen molar-refractivity contribution in [3.63, 3.8) is 0 Å². The summed E-state index contributed by atoms with van der Waals surface area (Å²) in [6.45, 7) is -0.00730. The zero-order valence-electron chi connectivity index (χ0n) is 11.6. The maximum atomic E-state index is 12.3. The van der Waals surface area contributed by atoms with E-state index in [2.05, 4.69) is 0 Å². The lowest BCUT2D eigenvalue weighted by Crippen LogP contribution is -2.32. The number of fused-ring (bicyclic) bond motifs is 2. The van der Waals surface area contributed by atoms with Crippen molar-refractivity contribution in [2.24, 2.45) is 0 Å². The summed E-state index contributed by atoms with van der Waals surface area (Å²) in [4.78, 5) is 41.6. The quantitative estimate of drug-likeness (QED) is 0.786. The molecule has 0 aromatic heterocycles. The molecule has 23 heavy (non-hydrogen) atoms. The van der Waals surface area contributed by atoms with Gasteiger partial charge in [-0.05, 0) is 24.3 Å². The first-order chi connectivity index (χ1) is 11.2. The Kier molecular flexibility index (Phi) is 2.80. The summed E-state index contributed by atoms with van der Waals surface area (Å²) in [5, 5.41) is 0.461. The predicted octanol–water partition coefficient (Wildman–Crippen LogP) is 1.78. The number of para-hydroxylation sites is 1.